The van der Waals surface area contributed by atoms with E-state index < -0.39 is 5.60 Å². The molecule has 2 fully saturated rings. The molecule has 0 unspecified atom stereocenters. The predicted molar refractivity (Wildman–Crippen MR) is 91.2 cm³/mol. The van der Waals surface area contributed by atoms with Crippen LogP contribution in [0.1, 0.15) is 39.7 Å². The second kappa shape index (κ2) is 5.82. The molecule has 4 heteroatoms. The molecule has 1 aromatic rings. The van der Waals surface area contributed by atoms with Crippen molar-refractivity contribution in [2.75, 3.05) is 19.6 Å². The summed E-state index contributed by atoms with van der Waals surface area (Å²) in [6, 6.07) is 10.6. The van der Waals surface area contributed by atoms with Gasteiger partial charge in [-0.3, -0.25) is 4.90 Å². The van der Waals surface area contributed by atoms with Crippen molar-refractivity contribution in [3.63, 3.8) is 0 Å². The molecule has 126 valence electrons. The molecular weight excluding hydrogens is 288 g/mol. The molecule has 0 saturated carbocycles. The van der Waals surface area contributed by atoms with Crippen LogP contribution in [0.5, 0.6) is 0 Å². The topological polar surface area (TPSA) is 32.8 Å². The zero-order chi connectivity index (χ0) is 16.7. The molecule has 2 aliphatic heterocycles. The SMILES string of the molecule is C[C@H]1CN(C(=O)OC(C)(C)C)[C@]12CCN(Cc1ccccc1)C2. The third-order valence-electron chi connectivity index (χ3n) is 5.13. The van der Waals surface area contributed by atoms with Gasteiger partial charge >= 0.3 is 6.09 Å². The Balaban J connectivity index is 1.66. The van der Waals surface area contributed by atoms with Gasteiger partial charge in [-0.15, -0.1) is 0 Å². The van der Waals surface area contributed by atoms with Crippen molar-refractivity contribution in [2.24, 2.45) is 5.92 Å². The lowest BCUT2D eigenvalue weighted by atomic mass is 9.74. The Morgan fingerprint density at radius 2 is 2.00 bits per heavy atom. The van der Waals surface area contributed by atoms with Crippen LogP contribution in [0, 0.1) is 5.92 Å². The highest BCUT2D eigenvalue weighted by molar-refractivity contribution is 5.71. The van der Waals surface area contributed by atoms with Crippen molar-refractivity contribution in [3.05, 3.63) is 35.9 Å². The van der Waals surface area contributed by atoms with Crippen LogP contribution in [0.4, 0.5) is 4.79 Å². The molecule has 0 aliphatic carbocycles. The summed E-state index contributed by atoms with van der Waals surface area (Å²) in [6.45, 7) is 11.8. The highest BCUT2D eigenvalue weighted by atomic mass is 16.6. The van der Waals surface area contributed by atoms with Crippen molar-refractivity contribution in [1.82, 2.24) is 9.80 Å². The van der Waals surface area contributed by atoms with Gasteiger partial charge in [0.25, 0.3) is 0 Å². The normalized spacial score (nSPS) is 28.0. The van der Waals surface area contributed by atoms with Crippen LogP contribution in [-0.4, -0.2) is 46.7 Å². The molecule has 2 atom stereocenters. The summed E-state index contributed by atoms with van der Waals surface area (Å²) in [4.78, 5) is 16.9. The lowest BCUT2D eigenvalue weighted by molar-refractivity contribution is -0.0750. The van der Waals surface area contributed by atoms with E-state index in [1.807, 2.05) is 31.7 Å². The number of carbonyl (C=O) groups excluding carboxylic acids is 1. The average Bonchev–Trinajstić information content (AvgIpc) is 2.90. The maximum Gasteiger partial charge on any atom is 0.410 e. The summed E-state index contributed by atoms with van der Waals surface area (Å²) in [5, 5.41) is 0. The number of hydrogen-bond acceptors (Lipinski definition) is 3. The van der Waals surface area contributed by atoms with Crippen LogP contribution in [0.3, 0.4) is 0 Å². The summed E-state index contributed by atoms with van der Waals surface area (Å²) >= 11 is 0. The standard InChI is InChI=1S/C19H28N2O2/c1-15-12-21(17(22)23-18(2,3)4)19(15)10-11-20(14-19)13-16-8-6-5-7-9-16/h5-9,15H,10-14H2,1-4H3/t15-,19-/m0/s1. The van der Waals surface area contributed by atoms with Crippen molar-refractivity contribution in [2.45, 2.75) is 51.8 Å². The molecule has 0 bridgehead atoms. The number of nitrogens with zero attached hydrogens (tertiary/aromatic N) is 2. The number of rotatable bonds is 2. The molecule has 1 spiro atoms. The Kier molecular flexibility index (Phi) is 4.13. The van der Waals surface area contributed by atoms with E-state index in [4.69, 9.17) is 4.74 Å². The fourth-order valence-corrected chi connectivity index (χ4v) is 3.85. The van der Waals surface area contributed by atoms with E-state index in [2.05, 4.69) is 36.1 Å². The minimum absolute atomic E-state index is 0.0306. The van der Waals surface area contributed by atoms with Crippen LogP contribution in [0.25, 0.3) is 0 Å². The van der Waals surface area contributed by atoms with Gasteiger partial charge < -0.3 is 9.64 Å². The predicted octanol–water partition coefficient (Wildman–Crippen LogP) is 3.52. The number of hydrogen-bond donors (Lipinski definition) is 0. The molecule has 2 saturated heterocycles. The van der Waals surface area contributed by atoms with Gasteiger partial charge in [0, 0.05) is 26.2 Å². The van der Waals surface area contributed by atoms with E-state index >= 15 is 0 Å². The van der Waals surface area contributed by atoms with E-state index in [0.29, 0.717) is 5.92 Å². The Morgan fingerprint density at radius 1 is 1.30 bits per heavy atom. The van der Waals surface area contributed by atoms with Gasteiger partial charge in [0.15, 0.2) is 0 Å². The van der Waals surface area contributed by atoms with Crippen molar-refractivity contribution >= 4 is 6.09 Å². The molecule has 4 nitrogen and oxygen atoms in total. The maximum atomic E-state index is 12.5. The average molecular weight is 316 g/mol. The molecular formula is C19H28N2O2. The summed E-state index contributed by atoms with van der Waals surface area (Å²) in [5.41, 5.74) is 0.872. The van der Waals surface area contributed by atoms with E-state index in [0.717, 1.165) is 32.6 Å². The Bertz CT molecular complexity index is 566. The highest BCUT2D eigenvalue weighted by Gasteiger charge is 2.57. The van der Waals surface area contributed by atoms with Gasteiger partial charge in [0.05, 0.1) is 5.54 Å². The van der Waals surface area contributed by atoms with Crippen LogP contribution in [0.15, 0.2) is 30.3 Å². The molecule has 23 heavy (non-hydrogen) atoms. The minimum Gasteiger partial charge on any atom is -0.444 e. The number of carbonyl (C=O) groups is 1. The summed E-state index contributed by atoms with van der Waals surface area (Å²) < 4.78 is 5.60. The molecule has 2 aliphatic rings. The zero-order valence-corrected chi connectivity index (χ0v) is 14.7. The minimum atomic E-state index is -0.431. The van der Waals surface area contributed by atoms with Crippen molar-refractivity contribution in [1.29, 1.82) is 0 Å². The fourth-order valence-electron chi connectivity index (χ4n) is 3.85. The molecule has 0 radical (unpaired) electrons. The summed E-state index contributed by atoms with van der Waals surface area (Å²) in [7, 11) is 0. The molecule has 1 amide bonds. The smallest absolute Gasteiger partial charge is 0.410 e. The van der Waals surface area contributed by atoms with E-state index in [1.54, 1.807) is 0 Å². The molecule has 0 N–H and O–H groups in total. The zero-order valence-electron chi connectivity index (χ0n) is 14.7. The quantitative estimate of drug-likeness (QED) is 0.837. The second-order valence-electron chi connectivity index (χ2n) is 8.04. The second-order valence-corrected chi connectivity index (χ2v) is 8.04. The van der Waals surface area contributed by atoms with Crippen LogP contribution >= 0.6 is 0 Å². The largest absolute Gasteiger partial charge is 0.444 e. The number of ether oxygens (including phenoxy) is 1. The van der Waals surface area contributed by atoms with Crippen LogP contribution in [0.2, 0.25) is 0 Å². The monoisotopic (exact) mass is 316 g/mol. The third-order valence-corrected chi connectivity index (χ3v) is 5.13. The first-order valence-electron chi connectivity index (χ1n) is 8.57. The molecule has 3 rings (SSSR count). The van der Waals surface area contributed by atoms with Gasteiger partial charge in [-0.1, -0.05) is 37.3 Å². The lowest BCUT2D eigenvalue weighted by Gasteiger charge is -2.55. The van der Waals surface area contributed by atoms with Gasteiger partial charge in [0.2, 0.25) is 0 Å². The highest BCUT2D eigenvalue weighted by Crippen LogP contribution is 2.44. The molecule has 1 aromatic carbocycles. The Morgan fingerprint density at radius 3 is 2.61 bits per heavy atom. The third kappa shape index (κ3) is 3.23. The summed E-state index contributed by atoms with van der Waals surface area (Å²) in [6.07, 6.45) is 0.887. The maximum absolute atomic E-state index is 12.5. The first kappa shape index (κ1) is 16.3. The van der Waals surface area contributed by atoms with Gasteiger partial charge in [-0.2, -0.15) is 0 Å². The first-order chi connectivity index (χ1) is 10.8. The van der Waals surface area contributed by atoms with Crippen molar-refractivity contribution < 1.29 is 9.53 Å². The Labute approximate surface area is 139 Å². The van der Waals surface area contributed by atoms with E-state index in [1.165, 1.54) is 5.56 Å². The number of likely N-dealkylation sites (tertiary alicyclic amines) is 2. The number of amides is 1. The molecule has 0 aromatic heterocycles. The van der Waals surface area contributed by atoms with E-state index in [-0.39, 0.29) is 11.6 Å². The van der Waals surface area contributed by atoms with Gasteiger partial charge in [-0.25, -0.2) is 4.79 Å². The molecule has 2 heterocycles. The van der Waals surface area contributed by atoms with Gasteiger partial charge in [0.1, 0.15) is 5.60 Å². The van der Waals surface area contributed by atoms with Crippen molar-refractivity contribution in [3.8, 4) is 0 Å². The summed E-state index contributed by atoms with van der Waals surface area (Å²) in [5.74, 6) is 0.538. The van der Waals surface area contributed by atoms with Crippen LogP contribution < -0.4 is 0 Å². The fraction of sp³-hybridized carbons (Fsp3) is 0.632. The Hall–Kier alpha value is -1.55. The van der Waals surface area contributed by atoms with Gasteiger partial charge in [-0.05, 0) is 38.7 Å². The number of benzene rings is 1. The van der Waals surface area contributed by atoms with Crippen LogP contribution in [-0.2, 0) is 11.3 Å². The first-order valence-corrected chi connectivity index (χ1v) is 8.57. The lowest BCUT2D eigenvalue weighted by Crippen LogP contribution is -2.69. The van der Waals surface area contributed by atoms with E-state index in [9.17, 15) is 4.79 Å².